The Morgan fingerprint density at radius 1 is 0.964 bits per heavy atom. The van der Waals surface area contributed by atoms with Crippen LogP contribution in [0.3, 0.4) is 0 Å². The molecule has 0 heterocycles. The first-order valence-electron chi connectivity index (χ1n) is 9.23. The third-order valence-corrected chi connectivity index (χ3v) is 3.87. The Labute approximate surface area is 164 Å². The smallest absolute Gasteiger partial charge is 0.254 e. The maximum absolute atomic E-state index is 13.5. The lowest BCUT2D eigenvalue weighted by Crippen LogP contribution is -2.37. The van der Waals surface area contributed by atoms with Gasteiger partial charge in [0, 0.05) is 6.54 Å². The SMILES string of the molecule is CCOc1ccc(CCNC(=O)CNC(=O)c2ccccc2F)cc1OCC. The number of nitrogens with one attached hydrogen (secondary N) is 2. The lowest BCUT2D eigenvalue weighted by atomic mass is 10.1. The van der Waals surface area contributed by atoms with Gasteiger partial charge in [0.25, 0.3) is 5.91 Å². The van der Waals surface area contributed by atoms with Crippen LogP contribution in [0.2, 0.25) is 0 Å². The van der Waals surface area contributed by atoms with Crippen LogP contribution < -0.4 is 20.1 Å². The van der Waals surface area contributed by atoms with Crippen molar-refractivity contribution in [2.45, 2.75) is 20.3 Å². The average Bonchev–Trinajstić information content (AvgIpc) is 2.69. The number of carbonyl (C=O) groups is 2. The van der Waals surface area contributed by atoms with E-state index < -0.39 is 11.7 Å². The minimum absolute atomic E-state index is 0.0897. The molecule has 0 saturated heterocycles. The molecular weight excluding hydrogens is 363 g/mol. The van der Waals surface area contributed by atoms with E-state index >= 15 is 0 Å². The molecule has 7 heteroatoms. The predicted molar refractivity (Wildman–Crippen MR) is 104 cm³/mol. The second kappa shape index (κ2) is 10.9. The fraction of sp³-hybridized carbons (Fsp3) is 0.333. The fourth-order valence-corrected chi connectivity index (χ4v) is 2.56. The van der Waals surface area contributed by atoms with Crippen molar-refractivity contribution in [1.82, 2.24) is 10.6 Å². The van der Waals surface area contributed by atoms with Crippen LogP contribution in [0.15, 0.2) is 42.5 Å². The van der Waals surface area contributed by atoms with E-state index in [-0.39, 0.29) is 18.0 Å². The summed E-state index contributed by atoms with van der Waals surface area (Å²) in [5, 5.41) is 5.13. The predicted octanol–water partition coefficient (Wildman–Crippen LogP) is 2.71. The number of hydrogen-bond acceptors (Lipinski definition) is 4. The van der Waals surface area contributed by atoms with Crippen LogP contribution in [0.5, 0.6) is 11.5 Å². The molecule has 0 spiro atoms. The third-order valence-electron chi connectivity index (χ3n) is 3.87. The molecule has 150 valence electrons. The maximum Gasteiger partial charge on any atom is 0.254 e. The zero-order chi connectivity index (χ0) is 20.4. The van der Waals surface area contributed by atoms with E-state index in [2.05, 4.69) is 10.6 Å². The van der Waals surface area contributed by atoms with Crippen molar-refractivity contribution in [2.24, 2.45) is 0 Å². The molecule has 0 aliphatic heterocycles. The first-order valence-corrected chi connectivity index (χ1v) is 9.23. The second-order valence-electron chi connectivity index (χ2n) is 5.91. The molecule has 2 aromatic carbocycles. The number of carbonyl (C=O) groups excluding carboxylic acids is 2. The topological polar surface area (TPSA) is 76.7 Å². The molecule has 0 aliphatic rings. The van der Waals surface area contributed by atoms with Crippen LogP contribution in [-0.2, 0) is 11.2 Å². The van der Waals surface area contributed by atoms with E-state index in [0.717, 1.165) is 5.56 Å². The molecule has 0 radical (unpaired) electrons. The molecule has 0 aromatic heterocycles. The van der Waals surface area contributed by atoms with Crippen molar-refractivity contribution in [2.75, 3.05) is 26.3 Å². The summed E-state index contributed by atoms with van der Waals surface area (Å²) >= 11 is 0. The Kier molecular flexibility index (Phi) is 8.27. The molecule has 0 bridgehead atoms. The van der Waals surface area contributed by atoms with Gasteiger partial charge in [0.1, 0.15) is 5.82 Å². The lowest BCUT2D eigenvalue weighted by molar-refractivity contribution is -0.120. The average molecular weight is 388 g/mol. The quantitative estimate of drug-likeness (QED) is 0.656. The van der Waals surface area contributed by atoms with E-state index in [9.17, 15) is 14.0 Å². The second-order valence-corrected chi connectivity index (χ2v) is 5.91. The molecule has 2 amide bonds. The minimum Gasteiger partial charge on any atom is -0.490 e. The van der Waals surface area contributed by atoms with Crippen molar-refractivity contribution >= 4 is 11.8 Å². The largest absolute Gasteiger partial charge is 0.490 e. The maximum atomic E-state index is 13.5. The molecule has 2 aromatic rings. The molecule has 0 aliphatic carbocycles. The van der Waals surface area contributed by atoms with Gasteiger partial charge in [-0.05, 0) is 50.1 Å². The van der Waals surface area contributed by atoms with Gasteiger partial charge in [0.2, 0.25) is 5.91 Å². The van der Waals surface area contributed by atoms with Gasteiger partial charge in [-0.25, -0.2) is 4.39 Å². The Balaban J connectivity index is 1.79. The molecule has 0 fully saturated rings. The Hall–Kier alpha value is -3.09. The fourth-order valence-electron chi connectivity index (χ4n) is 2.56. The van der Waals surface area contributed by atoms with Gasteiger partial charge in [0.15, 0.2) is 11.5 Å². The third kappa shape index (κ3) is 6.26. The number of halogens is 1. The summed E-state index contributed by atoms with van der Waals surface area (Å²) in [4.78, 5) is 23.8. The molecule has 0 saturated carbocycles. The zero-order valence-corrected chi connectivity index (χ0v) is 16.1. The van der Waals surface area contributed by atoms with Gasteiger partial charge in [-0.15, -0.1) is 0 Å². The first kappa shape index (κ1) is 21.2. The van der Waals surface area contributed by atoms with E-state index in [1.54, 1.807) is 6.07 Å². The summed E-state index contributed by atoms with van der Waals surface area (Å²) in [6, 6.07) is 11.3. The van der Waals surface area contributed by atoms with Gasteiger partial charge in [0.05, 0.1) is 25.3 Å². The first-order chi connectivity index (χ1) is 13.5. The standard InChI is InChI=1S/C21H25FN2O4/c1-3-27-18-10-9-15(13-19(18)28-4-2)11-12-23-20(25)14-24-21(26)16-7-5-6-8-17(16)22/h5-10,13H,3-4,11-12,14H2,1-2H3,(H,23,25)(H,24,26). The summed E-state index contributed by atoms with van der Waals surface area (Å²) in [5.74, 6) is -0.235. The van der Waals surface area contributed by atoms with Gasteiger partial charge in [-0.3, -0.25) is 9.59 Å². The molecule has 2 N–H and O–H groups in total. The van der Waals surface area contributed by atoms with Crippen molar-refractivity contribution < 1.29 is 23.5 Å². The Morgan fingerprint density at radius 3 is 2.39 bits per heavy atom. The summed E-state index contributed by atoms with van der Waals surface area (Å²) in [5.41, 5.74) is 0.899. The summed E-state index contributed by atoms with van der Waals surface area (Å²) < 4.78 is 24.6. The van der Waals surface area contributed by atoms with E-state index in [1.807, 2.05) is 32.0 Å². The highest BCUT2D eigenvalue weighted by Crippen LogP contribution is 2.28. The normalized spacial score (nSPS) is 10.2. The van der Waals surface area contributed by atoms with Crippen LogP contribution >= 0.6 is 0 Å². The molecular formula is C21H25FN2O4. The highest BCUT2D eigenvalue weighted by Gasteiger charge is 2.12. The van der Waals surface area contributed by atoms with E-state index in [4.69, 9.17) is 9.47 Å². The zero-order valence-electron chi connectivity index (χ0n) is 16.1. The molecule has 2 rings (SSSR count). The summed E-state index contributed by atoms with van der Waals surface area (Å²) in [6.07, 6.45) is 0.597. The van der Waals surface area contributed by atoms with Gasteiger partial charge >= 0.3 is 0 Å². The molecule has 0 unspecified atom stereocenters. The van der Waals surface area contributed by atoms with Crippen molar-refractivity contribution in [3.8, 4) is 11.5 Å². The van der Waals surface area contributed by atoms with E-state index in [0.29, 0.717) is 37.7 Å². The lowest BCUT2D eigenvalue weighted by Gasteiger charge is -2.13. The minimum atomic E-state index is -0.624. The highest BCUT2D eigenvalue weighted by molar-refractivity contribution is 5.96. The van der Waals surface area contributed by atoms with Crippen LogP contribution in [-0.4, -0.2) is 38.1 Å². The van der Waals surface area contributed by atoms with Crippen LogP contribution in [0.25, 0.3) is 0 Å². The van der Waals surface area contributed by atoms with Crippen molar-refractivity contribution in [3.63, 3.8) is 0 Å². The monoisotopic (exact) mass is 388 g/mol. The summed E-state index contributed by atoms with van der Waals surface area (Å²) in [6.45, 7) is 5.06. The summed E-state index contributed by atoms with van der Waals surface area (Å²) in [7, 11) is 0. The van der Waals surface area contributed by atoms with Crippen LogP contribution in [0.4, 0.5) is 4.39 Å². The molecule has 0 atom stereocenters. The van der Waals surface area contributed by atoms with Gasteiger partial charge in [-0.1, -0.05) is 18.2 Å². The number of ether oxygens (including phenoxy) is 2. The van der Waals surface area contributed by atoms with Crippen LogP contribution in [0, 0.1) is 5.82 Å². The van der Waals surface area contributed by atoms with Crippen LogP contribution in [0.1, 0.15) is 29.8 Å². The Bertz CT molecular complexity index is 811. The number of hydrogen-bond donors (Lipinski definition) is 2. The Morgan fingerprint density at radius 2 is 1.68 bits per heavy atom. The molecule has 6 nitrogen and oxygen atoms in total. The van der Waals surface area contributed by atoms with Crippen molar-refractivity contribution in [1.29, 1.82) is 0 Å². The number of rotatable bonds is 10. The van der Waals surface area contributed by atoms with Crippen molar-refractivity contribution in [3.05, 3.63) is 59.4 Å². The number of benzene rings is 2. The van der Waals surface area contributed by atoms with E-state index in [1.165, 1.54) is 18.2 Å². The number of amides is 2. The molecule has 28 heavy (non-hydrogen) atoms. The van der Waals surface area contributed by atoms with Gasteiger partial charge < -0.3 is 20.1 Å². The van der Waals surface area contributed by atoms with Gasteiger partial charge in [-0.2, -0.15) is 0 Å². The highest BCUT2D eigenvalue weighted by atomic mass is 19.1.